The van der Waals surface area contributed by atoms with Crippen LogP contribution in [0.15, 0.2) is 53.5 Å². The first kappa shape index (κ1) is 17.6. The Kier molecular flexibility index (Phi) is 6.68. The smallest absolute Gasteiger partial charge is 0.175 e. The Morgan fingerprint density at radius 3 is 2.57 bits per heavy atom. The molecule has 0 fully saturated rings. The first-order valence-corrected chi connectivity index (χ1v) is 8.29. The van der Waals surface area contributed by atoms with Crippen LogP contribution in [0, 0.1) is 6.92 Å². The summed E-state index contributed by atoms with van der Waals surface area (Å²) in [5, 5.41) is 3.28. The molecule has 2 aromatic rings. The Morgan fingerprint density at radius 2 is 1.91 bits per heavy atom. The molecule has 1 N–H and O–H groups in total. The number of hydrogen-bond donors (Lipinski definition) is 1. The van der Waals surface area contributed by atoms with Crippen LogP contribution >= 0.6 is 15.9 Å². The first-order valence-electron chi connectivity index (χ1n) is 7.50. The van der Waals surface area contributed by atoms with Gasteiger partial charge in [-0.2, -0.15) is 0 Å². The second kappa shape index (κ2) is 8.75. The molecule has 23 heavy (non-hydrogen) atoms. The van der Waals surface area contributed by atoms with E-state index in [1.54, 1.807) is 7.11 Å². The molecular formula is C19H22BrNO2. The number of benzene rings is 2. The second-order valence-corrected chi connectivity index (χ2v) is 6.16. The molecule has 0 unspecified atom stereocenters. The lowest BCUT2D eigenvalue weighted by molar-refractivity contribution is 0.282. The Labute approximate surface area is 146 Å². The minimum atomic E-state index is 0.503. The van der Waals surface area contributed by atoms with Gasteiger partial charge in [-0.1, -0.05) is 35.9 Å². The number of aryl methyl sites for hydroxylation is 1. The zero-order valence-corrected chi connectivity index (χ0v) is 15.2. The minimum absolute atomic E-state index is 0.503. The van der Waals surface area contributed by atoms with Crippen LogP contribution in [-0.2, 0) is 13.2 Å². The van der Waals surface area contributed by atoms with Crippen LogP contribution < -0.4 is 14.8 Å². The lowest BCUT2D eigenvalue weighted by Gasteiger charge is -2.15. The molecule has 3 nitrogen and oxygen atoms in total. The van der Waals surface area contributed by atoms with Gasteiger partial charge in [0.1, 0.15) is 6.61 Å². The number of methoxy groups -OCH3 is 1. The third-order valence-electron chi connectivity index (χ3n) is 3.41. The summed E-state index contributed by atoms with van der Waals surface area (Å²) in [6, 6.07) is 12.3. The van der Waals surface area contributed by atoms with Crippen molar-refractivity contribution in [1.82, 2.24) is 5.32 Å². The van der Waals surface area contributed by atoms with Crippen LogP contribution in [0.3, 0.4) is 0 Å². The second-order valence-electron chi connectivity index (χ2n) is 5.30. The molecule has 0 aliphatic carbocycles. The average molecular weight is 376 g/mol. The predicted molar refractivity (Wildman–Crippen MR) is 98.1 cm³/mol. The van der Waals surface area contributed by atoms with Gasteiger partial charge in [0.05, 0.1) is 11.6 Å². The predicted octanol–water partition coefficient (Wildman–Crippen LogP) is 4.62. The van der Waals surface area contributed by atoms with E-state index in [2.05, 4.69) is 59.0 Å². The lowest BCUT2D eigenvalue weighted by atomic mass is 10.1. The van der Waals surface area contributed by atoms with Gasteiger partial charge in [0, 0.05) is 13.1 Å². The van der Waals surface area contributed by atoms with Crippen molar-refractivity contribution in [2.45, 2.75) is 20.1 Å². The maximum Gasteiger partial charge on any atom is 0.175 e. The molecule has 0 radical (unpaired) electrons. The van der Waals surface area contributed by atoms with Crippen LogP contribution in [0.25, 0.3) is 0 Å². The van der Waals surface area contributed by atoms with Gasteiger partial charge in [-0.3, -0.25) is 0 Å². The highest BCUT2D eigenvalue weighted by atomic mass is 79.9. The van der Waals surface area contributed by atoms with Crippen molar-refractivity contribution in [2.24, 2.45) is 0 Å². The average Bonchev–Trinajstić information content (AvgIpc) is 2.55. The summed E-state index contributed by atoms with van der Waals surface area (Å²) in [6.45, 7) is 7.79. The number of ether oxygens (including phenoxy) is 2. The van der Waals surface area contributed by atoms with Gasteiger partial charge in [0.15, 0.2) is 11.5 Å². The summed E-state index contributed by atoms with van der Waals surface area (Å²) >= 11 is 3.58. The van der Waals surface area contributed by atoms with E-state index in [1.165, 1.54) is 5.56 Å². The van der Waals surface area contributed by atoms with Crippen LogP contribution in [-0.4, -0.2) is 13.7 Å². The Morgan fingerprint density at radius 1 is 1.17 bits per heavy atom. The standard InChI is InChI=1S/C19H22BrNO2/c1-4-9-21-12-16-10-17(20)19(18(11-16)22-3)23-13-15-7-5-14(2)6-8-15/h4-8,10-11,21H,1,9,12-13H2,2-3H3. The molecule has 0 atom stereocenters. The van der Waals surface area contributed by atoms with Crippen LogP contribution in [0.4, 0.5) is 0 Å². The van der Waals surface area contributed by atoms with Gasteiger partial charge in [-0.05, 0) is 46.1 Å². The monoisotopic (exact) mass is 375 g/mol. The Bertz CT molecular complexity index is 653. The molecule has 0 saturated heterocycles. The Balaban J connectivity index is 2.10. The third kappa shape index (κ3) is 5.12. The molecule has 122 valence electrons. The largest absolute Gasteiger partial charge is 0.493 e. The highest BCUT2D eigenvalue weighted by Gasteiger charge is 2.12. The van der Waals surface area contributed by atoms with E-state index in [1.807, 2.05) is 18.2 Å². The molecule has 0 aliphatic heterocycles. The van der Waals surface area contributed by atoms with Crippen molar-refractivity contribution in [3.63, 3.8) is 0 Å². The fourth-order valence-corrected chi connectivity index (χ4v) is 2.78. The van der Waals surface area contributed by atoms with Gasteiger partial charge in [-0.15, -0.1) is 6.58 Å². The van der Waals surface area contributed by atoms with Crippen LogP contribution in [0.2, 0.25) is 0 Å². The molecule has 0 heterocycles. The highest BCUT2D eigenvalue weighted by molar-refractivity contribution is 9.10. The maximum absolute atomic E-state index is 5.96. The topological polar surface area (TPSA) is 30.5 Å². The molecule has 0 spiro atoms. The summed E-state index contributed by atoms with van der Waals surface area (Å²) in [7, 11) is 1.65. The molecule has 0 aliphatic rings. The van der Waals surface area contributed by atoms with E-state index in [9.17, 15) is 0 Å². The van der Waals surface area contributed by atoms with Crippen LogP contribution in [0.5, 0.6) is 11.5 Å². The molecule has 0 amide bonds. The molecule has 0 saturated carbocycles. The minimum Gasteiger partial charge on any atom is -0.493 e. The van der Waals surface area contributed by atoms with E-state index < -0.39 is 0 Å². The number of halogens is 1. The zero-order valence-electron chi connectivity index (χ0n) is 13.6. The number of hydrogen-bond acceptors (Lipinski definition) is 3. The van der Waals surface area contributed by atoms with E-state index in [0.29, 0.717) is 6.61 Å². The highest BCUT2D eigenvalue weighted by Crippen LogP contribution is 2.37. The third-order valence-corrected chi connectivity index (χ3v) is 4.00. The Hall–Kier alpha value is -1.78. The summed E-state index contributed by atoms with van der Waals surface area (Å²) in [5.74, 6) is 1.45. The van der Waals surface area contributed by atoms with Crippen molar-refractivity contribution in [3.8, 4) is 11.5 Å². The van der Waals surface area contributed by atoms with Crippen LogP contribution in [0.1, 0.15) is 16.7 Å². The van der Waals surface area contributed by atoms with E-state index in [4.69, 9.17) is 9.47 Å². The first-order chi connectivity index (χ1) is 11.1. The number of rotatable bonds is 8. The lowest BCUT2D eigenvalue weighted by Crippen LogP contribution is -2.12. The van der Waals surface area contributed by atoms with E-state index in [0.717, 1.165) is 40.2 Å². The summed E-state index contributed by atoms with van der Waals surface area (Å²) in [6.07, 6.45) is 1.84. The zero-order chi connectivity index (χ0) is 16.7. The summed E-state index contributed by atoms with van der Waals surface area (Å²) in [4.78, 5) is 0. The van der Waals surface area contributed by atoms with Gasteiger partial charge < -0.3 is 14.8 Å². The molecule has 4 heteroatoms. The molecule has 2 rings (SSSR count). The quantitative estimate of drug-likeness (QED) is 0.539. The molecule has 0 bridgehead atoms. The van der Waals surface area contributed by atoms with Crippen molar-refractivity contribution in [2.75, 3.05) is 13.7 Å². The van der Waals surface area contributed by atoms with Gasteiger partial charge in [-0.25, -0.2) is 0 Å². The summed E-state index contributed by atoms with van der Waals surface area (Å²) in [5.41, 5.74) is 3.49. The van der Waals surface area contributed by atoms with Crippen molar-refractivity contribution >= 4 is 15.9 Å². The number of nitrogens with one attached hydrogen (secondary N) is 1. The maximum atomic E-state index is 5.96. The molecule has 0 aromatic heterocycles. The summed E-state index contributed by atoms with van der Waals surface area (Å²) < 4.78 is 12.3. The molecule has 2 aromatic carbocycles. The van der Waals surface area contributed by atoms with Crippen molar-refractivity contribution < 1.29 is 9.47 Å². The van der Waals surface area contributed by atoms with Gasteiger partial charge >= 0.3 is 0 Å². The SMILES string of the molecule is C=CCNCc1cc(Br)c(OCc2ccc(C)cc2)c(OC)c1. The fourth-order valence-electron chi connectivity index (χ4n) is 2.17. The normalized spacial score (nSPS) is 10.4. The van der Waals surface area contributed by atoms with Crippen molar-refractivity contribution in [1.29, 1.82) is 0 Å². The van der Waals surface area contributed by atoms with E-state index in [-0.39, 0.29) is 0 Å². The van der Waals surface area contributed by atoms with E-state index >= 15 is 0 Å². The van der Waals surface area contributed by atoms with Gasteiger partial charge in [0.2, 0.25) is 0 Å². The fraction of sp³-hybridized carbons (Fsp3) is 0.263. The molecular weight excluding hydrogens is 354 g/mol. The van der Waals surface area contributed by atoms with Crippen molar-refractivity contribution in [3.05, 3.63) is 70.2 Å². The van der Waals surface area contributed by atoms with Gasteiger partial charge in [0.25, 0.3) is 0 Å².